The number of nitrogens with zero attached hydrogens (tertiary/aromatic N) is 2. The molecule has 0 radical (unpaired) electrons. The van der Waals surface area contributed by atoms with Crippen LogP contribution < -0.4 is 0 Å². The fourth-order valence-electron chi connectivity index (χ4n) is 5.09. The van der Waals surface area contributed by atoms with E-state index in [1.54, 1.807) is 0 Å². The Morgan fingerprint density at radius 2 is 1.41 bits per heavy atom. The van der Waals surface area contributed by atoms with Crippen LogP contribution in [-0.4, -0.2) is 47.8 Å². The van der Waals surface area contributed by atoms with Crippen molar-refractivity contribution in [3.63, 3.8) is 0 Å². The standard InChI is InChI=1S/C23H32N2O2/c26-21(24-15-6-1-2-7-16-24)19-11-17-25(18-12-19)22(27)23(13-8-14-23)20-9-4-3-5-10-20/h3-5,9-10,19H,1-2,6-8,11-18H2. The third-order valence-electron chi connectivity index (χ3n) is 6.99. The highest BCUT2D eigenvalue weighted by atomic mass is 16.2. The summed E-state index contributed by atoms with van der Waals surface area (Å²) in [4.78, 5) is 30.4. The van der Waals surface area contributed by atoms with E-state index in [0.29, 0.717) is 11.8 Å². The van der Waals surface area contributed by atoms with Crippen LogP contribution in [0, 0.1) is 5.92 Å². The fraction of sp³-hybridized carbons (Fsp3) is 0.652. The Balaban J connectivity index is 1.37. The molecule has 0 bridgehead atoms. The van der Waals surface area contributed by atoms with E-state index in [0.717, 1.165) is 71.1 Å². The zero-order valence-electron chi connectivity index (χ0n) is 16.4. The van der Waals surface area contributed by atoms with Gasteiger partial charge in [-0.25, -0.2) is 0 Å². The molecule has 3 aliphatic rings. The van der Waals surface area contributed by atoms with Gasteiger partial charge in [-0.3, -0.25) is 9.59 Å². The zero-order valence-corrected chi connectivity index (χ0v) is 16.4. The van der Waals surface area contributed by atoms with E-state index in [4.69, 9.17) is 0 Å². The minimum absolute atomic E-state index is 0.112. The number of hydrogen-bond acceptors (Lipinski definition) is 2. The second-order valence-corrected chi connectivity index (χ2v) is 8.61. The monoisotopic (exact) mass is 368 g/mol. The van der Waals surface area contributed by atoms with E-state index in [1.807, 2.05) is 23.1 Å². The summed E-state index contributed by atoms with van der Waals surface area (Å²) >= 11 is 0. The molecule has 2 saturated heterocycles. The van der Waals surface area contributed by atoms with E-state index in [-0.39, 0.29) is 11.3 Å². The Hall–Kier alpha value is -1.84. The van der Waals surface area contributed by atoms with Crippen molar-refractivity contribution in [3.8, 4) is 0 Å². The van der Waals surface area contributed by atoms with Crippen LogP contribution in [0.25, 0.3) is 0 Å². The van der Waals surface area contributed by atoms with Gasteiger partial charge in [0.1, 0.15) is 0 Å². The Kier molecular flexibility index (Phi) is 5.51. The first-order chi connectivity index (χ1) is 13.2. The second-order valence-electron chi connectivity index (χ2n) is 8.61. The number of benzene rings is 1. The molecule has 4 heteroatoms. The van der Waals surface area contributed by atoms with Gasteiger partial charge < -0.3 is 9.80 Å². The molecule has 0 spiro atoms. The number of piperidine rings is 1. The minimum Gasteiger partial charge on any atom is -0.342 e. The highest BCUT2D eigenvalue weighted by Crippen LogP contribution is 2.45. The van der Waals surface area contributed by atoms with Crippen LogP contribution in [0.1, 0.15) is 63.4 Å². The van der Waals surface area contributed by atoms with Gasteiger partial charge in [0, 0.05) is 32.1 Å². The van der Waals surface area contributed by atoms with Crippen molar-refractivity contribution in [1.82, 2.24) is 9.80 Å². The molecule has 0 N–H and O–H groups in total. The highest BCUT2D eigenvalue weighted by molar-refractivity contribution is 5.89. The fourth-order valence-corrected chi connectivity index (χ4v) is 5.09. The molecule has 2 heterocycles. The van der Waals surface area contributed by atoms with Gasteiger partial charge in [-0.05, 0) is 44.1 Å². The lowest BCUT2D eigenvalue weighted by Gasteiger charge is -2.45. The predicted molar refractivity (Wildman–Crippen MR) is 106 cm³/mol. The van der Waals surface area contributed by atoms with Gasteiger partial charge in [0.25, 0.3) is 0 Å². The lowest BCUT2D eigenvalue weighted by Crippen LogP contribution is -2.54. The number of carbonyl (C=O) groups is 2. The number of amides is 2. The van der Waals surface area contributed by atoms with E-state index < -0.39 is 0 Å². The molecule has 0 unspecified atom stereocenters. The largest absolute Gasteiger partial charge is 0.342 e. The normalized spacial score (nSPS) is 23.4. The van der Waals surface area contributed by atoms with Crippen LogP contribution in [0.3, 0.4) is 0 Å². The highest BCUT2D eigenvalue weighted by Gasteiger charge is 2.48. The molecule has 146 valence electrons. The van der Waals surface area contributed by atoms with Gasteiger partial charge in [-0.1, -0.05) is 49.6 Å². The molecule has 4 rings (SSSR count). The Bertz CT molecular complexity index is 652. The van der Waals surface area contributed by atoms with Gasteiger partial charge in [0.05, 0.1) is 5.41 Å². The molecule has 2 aliphatic heterocycles. The van der Waals surface area contributed by atoms with Gasteiger partial charge >= 0.3 is 0 Å². The molecule has 1 saturated carbocycles. The quantitative estimate of drug-likeness (QED) is 0.815. The first-order valence-corrected chi connectivity index (χ1v) is 10.8. The predicted octanol–water partition coefficient (Wildman–Crippen LogP) is 3.75. The van der Waals surface area contributed by atoms with E-state index in [9.17, 15) is 9.59 Å². The first kappa shape index (κ1) is 18.5. The molecular weight excluding hydrogens is 336 g/mol. The lowest BCUT2D eigenvalue weighted by molar-refractivity contribution is -0.146. The number of rotatable bonds is 3. The molecular formula is C23H32N2O2. The van der Waals surface area contributed by atoms with Crippen LogP contribution in [-0.2, 0) is 15.0 Å². The van der Waals surface area contributed by atoms with Crippen molar-refractivity contribution >= 4 is 11.8 Å². The van der Waals surface area contributed by atoms with Crippen LogP contribution in [0.15, 0.2) is 30.3 Å². The molecule has 0 atom stereocenters. The maximum Gasteiger partial charge on any atom is 0.233 e. The zero-order chi connectivity index (χ0) is 18.7. The van der Waals surface area contributed by atoms with Crippen LogP contribution >= 0.6 is 0 Å². The lowest BCUT2D eigenvalue weighted by atomic mass is 9.63. The average Bonchev–Trinajstić information content (AvgIpc) is 2.97. The third-order valence-corrected chi connectivity index (χ3v) is 6.99. The third kappa shape index (κ3) is 3.63. The van der Waals surface area contributed by atoms with Gasteiger partial charge in [-0.2, -0.15) is 0 Å². The molecule has 0 aromatic heterocycles. The summed E-state index contributed by atoms with van der Waals surface area (Å²) in [5.41, 5.74) is 0.868. The van der Waals surface area contributed by atoms with Crippen LogP contribution in [0.2, 0.25) is 0 Å². The molecule has 3 fully saturated rings. The van der Waals surface area contributed by atoms with E-state index in [1.165, 1.54) is 18.4 Å². The van der Waals surface area contributed by atoms with Crippen LogP contribution in [0.4, 0.5) is 0 Å². The number of likely N-dealkylation sites (tertiary alicyclic amines) is 2. The van der Waals surface area contributed by atoms with Crippen molar-refractivity contribution in [2.24, 2.45) is 5.92 Å². The van der Waals surface area contributed by atoms with Gasteiger partial charge in [0.2, 0.25) is 11.8 Å². The number of carbonyl (C=O) groups excluding carboxylic acids is 2. The summed E-state index contributed by atoms with van der Waals surface area (Å²) in [5, 5.41) is 0. The van der Waals surface area contributed by atoms with E-state index in [2.05, 4.69) is 17.0 Å². The minimum atomic E-state index is -0.303. The molecule has 4 nitrogen and oxygen atoms in total. The summed E-state index contributed by atoms with van der Waals surface area (Å²) in [6.45, 7) is 3.32. The first-order valence-electron chi connectivity index (χ1n) is 10.8. The molecule has 1 aromatic carbocycles. The van der Waals surface area contributed by atoms with Crippen molar-refractivity contribution in [1.29, 1.82) is 0 Å². The van der Waals surface area contributed by atoms with Crippen molar-refractivity contribution in [2.75, 3.05) is 26.2 Å². The maximum atomic E-state index is 13.4. The SMILES string of the molecule is O=C(C1CCN(C(=O)C2(c3ccccc3)CCC2)CC1)N1CCCCCC1. The summed E-state index contributed by atoms with van der Waals surface area (Å²) in [5.74, 6) is 0.743. The Morgan fingerprint density at radius 1 is 0.778 bits per heavy atom. The average molecular weight is 369 g/mol. The molecule has 1 aliphatic carbocycles. The Morgan fingerprint density at radius 3 is 1.96 bits per heavy atom. The topological polar surface area (TPSA) is 40.6 Å². The van der Waals surface area contributed by atoms with E-state index >= 15 is 0 Å². The maximum absolute atomic E-state index is 13.4. The van der Waals surface area contributed by atoms with Gasteiger partial charge in [0.15, 0.2) is 0 Å². The van der Waals surface area contributed by atoms with Gasteiger partial charge in [-0.15, -0.1) is 0 Å². The van der Waals surface area contributed by atoms with Crippen molar-refractivity contribution in [3.05, 3.63) is 35.9 Å². The number of hydrogen-bond donors (Lipinski definition) is 0. The summed E-state index contributed by atoms with van der Waals surface area (Å²) < 4.78 is 0. The molecule has 2 amide bonds. The molecule has 1 aromatic rings. The Labute approximate surface area is 162 Å². The second kappa shape index (κ2) is 8.04. The van der Waals surface area contributed by atoms with Crippen molar-refractivity contribution < 1.29 is 9.59 Å². The molecule has 27 heavy (non-hydrogen) atoms. The summed E-state index contributed by atoms with van der Waals surface area (Å²) in [6, 6.07) is 10.3. The summed E-state index contributed by atoms with van der Waals surface area (Å²) in [6.07, 6.45) is 9.48. The van der Waals surface area contributed by atoms with Crippen molar-refractivity contribution in [2.45, 2.75) is 63.2 Å². The van der Waals surface area contributed by atoms with Crippen LogP contribution in [0.5, 0.6) is 0 Å². The smallest absolute Gasteiger partial charge is 0.233 e. The summed E-state index contributed by atoms with van der Waals surface area (Å²) in [7, 11) is 0.